The molecule has 0 unspecified atom stereocenters. The van der Waals surface area contributed by atoms with Crippen LogP contribution in [0.1, 0.15) is 18.1 Å². The van der Waals surface area contributed by atoms with Gasteiger partial charge in [0.2, 0.25) is 0 Å². The van der Waals surface area contributed by atoms with E-state index in [1.54, 1.807) is 14.0 Å². The van der Waals surface area contributed by atoms with Crippen LogP contribution < -0.4 is 15.4 Å². The molecule has 0 radical (unpaired) electrons. The maximum absolute atomic E-state index is 12.2. The Labute approximate surface area is 165 Å². The Balaban J connectivity index is 1.51. The number of aliphatic hydroxyl groups is 1. The van der Waals surface area contributed by atoms with Crippen LogP contribution in [0.5, 0.6) is 5.75 Å². The molecule has 5 nitrogen and oxygen atoms in total. The molecule has 0 heterocycles. The number of fused-ring (bicyclic) bond motifs is 1. The first-order valence-corrected chi connectivity index (χ1v) is 9.30. The number of methoxy groups -OCH3 is 1. The topological polar surface area (TPSA) is 70.6 Å². The standard InChI is InChI=1S/C23H26N2O3/c1-23(27,14-17-10-12-20(28-2)13-11-17)16-25-22(26)24-15-19-8-5-7-18-6-3-4-9-21(18)19/h3-13,27H,14-16H2,1-2H3,(H2,24,25,26)/t23-/m1/s1. The zero-order valence-corrected chi connectivity index (χ0v) is 16.2. The predicted octanol–water partition coefficient (Wildman–Crippen LogP) is 3.64. The number of hydrogen-bond donors (Lipinski definition) is 3. The predicted molar refractivity (Wildman–Crippen MR) is 112 cm³/mol. The monoisotopic (exact) mass is 378 g/mol. The second kappa shape index (κ2) is 8.76. The maximum Gasteiger partial charge on any atom is 0.315 e. The third-order valence-electron chi connectivity index (χ3n) is 4.69. The van der Waals surface area contributed by atoms with Gasteiger partial charge in [-0.3, -0.25) is 0 Å². The van der Waals surface area contributed by atoms with E-state index < -0.39 is 5.60 Å². The first kappa shape index (κ1) is 19.7. The largest absolute Gasteiger partial charge is 0.497 e. The molecule has 3 aromatic rings. The lowest BCUT2D eigenvalue weighted by Gasteiger charge is -2.24. The summed E-state index contributed by atoms with van der Waals surface area (Å²) in [7, 11) is 1.62. The van der Waals surface area contributed by atoms with Crippen molar-refractivity contribution in [1.29, 1.82) is 0 Å². The van der Waals surface area contributed by atoms with Crippen molar-refractivity contribution in [3.63, 3.8) is 0 Å². The number of hydrogen-bond acceptors (Lipinski definition) is 3. The van der Waals surface area contributed by atoms with Crippen molar-refractivity contribution < 1.29 is 14.6 Å². The molecule has 0 aliphatic carbocycles. The Morgan fingerprint density at radius 1 is 1.00 bits per heavy atom. The Morgan fingerprint density at radius 3 is 2.46 bits per heavy atom. The smallest absolute Gasteiger partial charge is 0.315 e. The van der Waals surface area contributed by atoms with Crippen LogP contribution in [0.4, 0.5) is 4.79 Å². The zero-order valence-electron chi connectivity index (χ0n) is 16.2. The summed E-state index contributed by atoms with van der Waals surface area (Å²) >= 11 is 0. The summed E-state index contributed by atoms with van der Waals surface area (Å²) in [6, 6.07) is 21.4. The molecule has 2 amide bonds. The van der Waals surface area contributed by atoms with Gasteiger partial charge in [-0.05, 0) is 41.0 Å². The van der Waals surface area contributed by atoms with Crippen LogP contribution in [0.2, 0.25) is 0 Å². The van der Waals surface area contributed by atoms with Gasteiger partial charge < -0.3 is 20.5 Å². The van der Waals surface area contributed by atoms with Gasteiger partial charge in [0.1, 0.15) is 5.75 Å². The third kappa shape index (κ3) is 5.24. The number of amides is 2. The van der Waals surface area contributed by atoms with Gasteiger partial charge in [-0.2, -0.15) is 0 Å². The Kier molecular flexibility index (Phi) is 6.16. The molecular weight excluding hydrogens is 352 g/mol. The van der Waals surface area contributed by atoms with Gasteiger partial charge >= 0.3 is 6.03 Å². The minimum atomic E-state index is -1.05. The van der Waals surface area contributed by atoms with Gasteiger partial charge in [0.25, 0.3) is 0 Å². The summed E-state index contributed by atoms with van der Waals surface area (Å²) in [6.07, 6.45) is 0.431. The number of urea groups is 1. The lowest BCUT2D eigenvalue weighted by Crippen LogP contribution is -2.45. The Bertz CT molecular complexity index is 931. The van der Waals surface area contributed by atoms with Crippen LogP contribution in [-0.4, -0.2) is 30.4 Å². The number of ether oxygens (including phenoxy) is 1. The molecule has 146 valence electrons. The fourth-order valence-electron chi connectivity index (χ4n) is 3.20. The highest BCUT2D eigenvalue weighted by Crippen LogP contribution is 2.18. The summed E-state index contributed by atoms with van der Waals surface area (Å²) in [5.74, 6) is 0.773. The summed E-state index contributed by atoms with van der Waals surface area (Å²) in [4.78, 5) is 12.2. The quantitative estimate of drug-likeness (QED) is 0.588. The van der Waals surface area contributed by atoms with E-state index in [1.165, 1.54) is 0 Å². The molecule has 0 spiro atoms. The lowest BCUT2D eigenvalue weighted by molar-refractivity contribution is 0.0624. The van der Waals surface area contributed by atoms with Crippen molar-refractivity contribution in [2.24, 2.45) is 0 Å². The third-order valence-corrected chi connectivity index (χ3v) is 4.69. The molecule has 0 fully saturated rings. The highest BCUT2D eigenvalue weighted by molar-refractivity contribution is 5.86. The summed E-state index contributed by atoms with van der Waals surface area (Å²) in [5.41, 5.74) is 0.979. The van der Waals surface area contributed by atoms with Crippen LogP contribution >= 0.6 is 0 Å². The van der Waals surface area contributed by atoms with Gasteiger partial charge in [0.15, 0.2) is 0 Å². The lowest BCUT2D eigenvalue weighted by atomic mass is 9.96. The minimum Gasteiger partial charge on any atom is -0.497 e. The van der Waals surface area contributed by atoms with E-state index in [1.807, 2.05) is 54.6 Å². The second-order valence-electron chi connectivity index (χ2n) is 7.20. The molecule has 5 heteroatoms. The summed E-state index contributed by atoms with van der Waals surface area (Å²) in [6.45, 7) is 2.29. The number of carbonyl (C=O) groups is 1. The van der Waals surface area contributed by atoms with E-state index in [-0.39, 0.29) is 12.6 Å². The maximum atomic E-state index is 12.2. The minimum absolute atomic E-state index is 0.153. The van der Waals surface area contributed by atoms with Crippen molar-refractivity contribution in [2.45, 2.75) is 25.5 Å². The van der Waals surface area contributed by atoms with Crippen LogP contribution in [0.25, 0.3) is 10.8 Å². The SMILES string of the molecule is COc1ccc(C[C@@](C)(O)CNC(=O)NCc2cccc3ccccc23)cc1. The van der Waals surface area contributed by atoms with Crippen LogP contribution in [0, 0.1) is 0 Å². The summed E-state index contributed by atoms with van der Waals surface area (Å²) in [5, 5.41) is 18.5. The molecule has 3 N–H and O–H groups in total. The summed E-state index contributed by atoms with van der Waals surface area (Å²) < 4.78 is 5.14. The molecule has 0 bridgehead atoms. The number of rotatable bonds is 7. The van der Waals surface area contributed by atoms with Crippen LogP contribution in [-0.2, 0) is 13.0 Å². The Hall–Kier alpha value is -3.05. The molecule has 0 saturated heterocycles. The highest BCUT2D eigenvalue weighted by Gasteiger charge is 2.22. The van der Waals surface area contributed by atoms with E-state index in [0.717, 1.165) is 27.6 Å². The molecule has 0 aromatic heterocycles. The molecule has 28 heavy (non-hydrogen) atoms. The van der Waals surface area contributed by atoms with E-state index in [2.05, 4.69) is 22.8 Å². The van der Waals surface area contributed by atoms with Crippen molar-refractivity contribution >= 4 is 16.8 Å². The van der Waals surface area contributed by atoms with Crippen molar-refractivity contribution in [3.8, 4) is 5.75 Å². The van der Waals surface area contributed by atoms with Gasteiger partial charge in [0.05, 0.1) is 12.7 Å². The van der Waals surface area contributed by atoms with E-state index >= 15 is 0 Å². The molecule has 1 atom stereocenters. The highest BCUT2D eigenvalue weighted by atomic mass is 16.5. The molecule has 3 rings (SSSR count). The molecule has 0 aliphatic heterocycles. The van der Waals surface area contributed by atoms with Crippen molar-refractivity contribution in [3.05, 3.63) is 77.9 Å². The number of carbonyl (C=O) groups excluding carboxylic acids is 1. The Morgan fingerprint density at radius 2 is 1.71 bits per heavy atom. The number of nitrogens with one attached hydrogen (secondary N) is 2. The molecule has 0 aliphatic rings. The van der Waals surface area contributed by atoms with Gasteiger partial charge in [-0.25, -0.2) is 4.79 Å². The van der Waals surface area contributed by atoms with E-state index in [0.29, 0.717) is 13.0 Å². The first-order valence-electron chi connectivity index (χ1n) is 9.30. The first-order chi connectivity index (χ1) is 13.5. The second-order valence-corrected chi connectivity index (χ2v) is 7.20. The fourth-order valence-corrected chi connectivity index (χ4v) is 3.20. The molecule has 0 saturated carbocycles. The average molecular weight is 378 g/mol. The van der Waals surface area contributed by atoms with Crippen LogP contribution in [0.15, 0.2) is 66.7 Å². The normalized spacial score (nSPS) is 13.0. The number of benzene rings is 3. The molecular formula is C23H26N2O3. The zero-order chi connectivity index (χ0) is 20.0. The van der Waals surface area contributed by atoms with Gasteiger partial charge in [-0.15, -0.1) is 0 Å². The van der Waals surface area contributed by atoms with Crippen molar-refractivity contribution in [2.75, 3.05) is 13.7 Å². The van der Waals surface area contributed by atoms with E-state index in [4.69, 9.17) is 4.74 Å². The van der Waals surface area contributed by atoms with E-state index in [9.17, 15) is 9.90 Å². The molecule has 3 aromatic carbocycles. The fraction of sp³-hybridized carbons (Fsp3) is 0.261. The van der Waals surface area contributed by atoms with Crippen LogP contribution in [0.3, 0.4) is 0 Å². The average Bonchev–Trinajstić information content (AvgIpc) is 2.71. The van der Waals surface area contributed by atoms with Gasteiger partial charge in [0, 0.05) is 19.5 Å². The van der Waals surface area contributed by atoms with Crippen molar-refractivity contribution in [1.82, 2.24) is 10.6 Å². The van der Waals surface area contributed by atoms with Gasteiger partial charge in [-0.1, -0.05) is 54.6 Å².